The second-order valence-electron chi connectivity index (χ2n) is 20.3. The number of carbonyl (C=O) groups is 6. The van der Waals surface area contributed by atoms with Crippen LogP contribution in [-0.4, -0.2) is 104 Å². The van der Waals surface area contributed by atoms with Crippen molar-refractivity contribution in [2.75, 3.05) is 58.0 Å². The van der Waals surface area contributed by atoms with Gasteiger partial charge < -0.3 is 30.0 Å². The predicted octanol–water partition coefficient (Wildman–Crippen LogP) is 6.29. The molecule has 1 saturated heterocycles. The fraction of sp³-hybridized carbons (Fsp3) is 0.600. The van der Waals surface area contributed by atoms with Crippen LogP contribution in [0.2, 0.25) is 0 Å². The van der Waals surface area contributed by atoms with Crippen LogP contribution in [0.15, 0.2) is 64.5 Å². The zero-order valence-corrected chi connectivity index (χ0v) is 38.2. The summed E-state index contributed by atoms with van der Waals surface area (Å²) in [5.74, 6) is -2.22. The van der Waals surface area contributed by atoms with E-state index in [1.54, 1.807) is 24.3 Å². The molecule has 1 aromatic rings. The largest absolute Gasteiger partial charge is 0.504 e. The number of imide groups is 2. The van der Waals surface area contributed by atoms with Crippen LogP contribution in [0, 0.1) is 33.0 Å². The second kappa shape index (κ2) is 17.1. The molecule has 0 spiro atoms. The summed E-state index contributed by atoms with van der Waals surface area (Å²) in [7, 11) is 0. The number of fused-ring (bicyclic) bond motifs is 8. The first-order chi connectivity index (χ1) is 30.4. The number of benzene rings is 1. The van der Waals surface area contributed by atoms with Gasteiger partial charge in [0.2, 0.25) is 23.5 Å². The summed E-state index contributed by atoms with van der Waals surface area (Å²) in [5, 5.41) is 19.0. The van der Waals surface area contributed by atoms with Crippen molar-refractivity contribution in [3.63, 3.8) is 0 Å². The number of piperidine rings is 1. The maximum absolute atomic E-state index is 14.0. The number of rotatable bonds is 15. The molecule has 1 unspecified atom stereocenters. The number of anilines is 1. The van der Waals surface area contributed by atoms with Gasteiger partial charge in [0.15, 0.2) is 5.76 Å². The fourth-order valence-corrected chi connectivity index (χ4v) is 12.6. The van der Waals surface area contributed by atoms with Crippen LogP contribution in [0.5, 0.6) is 0 Å². The molecule has 0 aromatic heterocycles. The number of aliphatic hydroxyl groups excluding tert-OH is 1. The second-order valence-corrected chi connectivity index (χ2v) is 20.3. The highest BCUT2D eigenvalue weighted by Crippen LogP contribution is 2.75. The van der Waals surface area contributed by atoms with E-state index >= 15 is 0 Å². The molecule has 8 rings (SSSR count). The van der Waals surface area contributed by atoms with Crippen molar-refractivity contribution in [2.45, 2.75) is 105 Å². The number of ketones is 1. The summed E-state index contributed by atoms with van der Waals surface area (Å²) in [5.41, 5.74) is 4.17. The molecule has 4 fully saturated rings. The molecule has 1 aromatic carbocycles. The van der Waals surface area contributed by atoms with Gasteiger partial charge in [-0.2, -0.15) is 0 Å². The van der Waals surface area contributed by atoms with Crippen LogP contribution in [0.1, 0.15) is 120 Å². The highest BCUT2D eigenvalue weighted by molar-refractivity contribution is 6.25. The third-order valence-electron chi connectivity index (χ3n) is 16.7. The van der Waals surface area contributed by atoms with E-state index in [-0.39, 0.29) is 63.1 Å². The summed E-state index contributed by atoms with van der Waals surface area (Å²) in [6.45, 7) is 16.6. The van der Waals surface area contributed by atoms with Crippen LogP contribution >= 0.6 is 0 Å². The topological polar surface area (TPSA) is 190 Å². The van der Waals surface area contributed by atoms with E-state index in [0.29, 0.717) is 69.9 Å². The minimum atomic E-state index is -1.02. The Morgan fingerprint density at radius 3 is 2.25 bits per heavy atom. The van der Waals surface area contributed by atoms with Gasteiger partial charge in [-0.1, -0.05) is 58.4 Å². The number of nitrogens with one attached hydrogen (secondary N) is 3. The first-order valence-corrected chi connectivity index (χ1v) is 23.1. The van der Waals surface area contributed by atoms with Gasteiger partial charge in [0.1, 0.15) is 6.04 Å². The van der Waals surface area contributed by atoms with Gasteiger partial charge in [-0.05, 0) is 110 Å². The van der Waals surface area contributed by atoms with Crippen molar-refractivity contribution in [3.8, 4) is 0 Å². The third kappa shape index (κ3) is 7.56. The summed E-state index contributed by atoms with van der Waals surface area (Å²) in [6.07, 6.45) is 13.0. The number of nitrogens with zero attached hydrogens (tertiary/aromatic N) is 1. The maximum atomic E-state index is 14.0. The Balaban J connectivity index is 0.745. The SMILES string of the molecule is CC1=C(O)C(=O)C=C2C1=CC=C1[C@@]2(C)CC[C@@]2(C)[C@@H]3C[C@](C)(C(=O)NCCOCCOCCOCCNc4cccc5c4C(=O)N(C4CCC(=O)NC4=O)C5=O)CC[C@]3(C)CC[C@]12C. The van der Waals surface area contributed by atoms with Crippen molar-refractivity contribution in [1.82, 2.24) is 15.5 Å². The lowest BCUT2D eigenvalue weighted by Gasteiger charge is -2.70. The van der Waals surface area contributed by atoms with Gasteiger partial charge in [-0.3, -0.25) is 39.0 Å². The standard InChI is InChI=1S/C50H64N4O10/c1-30-31-10-12-37-48(4,33(31)28-36(55)41(30)57)17-19-50(6)38-29-47(3,15-14-46(38,2)16-18-49(37,50)5)45(61)52-21-23-63-25-27-64-26-24-62-22-20-51-34-9-7-8-32-40(34)44(60)54(43(32)59)35-11-13-39(56)53-42(35)58/h7-10,12,28,35,38,51,57H,11,13-27,29H2,1-6H3,(H,52,61)(H,53,56,58)/t35?,38-,46-,47-,48+,49-,50+/m1/s1. The molecular weight excluding hydrogens is 817 g/mol. The Hall–Kier alpha value is -4.92. The number of hydrogen-bond acceptors (Lipinski definition) is 11. The first-order valence-electron chi connectivity index (χ1n) is 23.1. The van der Waals surface area contributed by atoms with E-state index < -0.39 is 35.1 Å². The number of aliphatic hydroxyl groups is 1. The van der Waals surface area contributed by atoms with Crippen LogP contribution in [-0.2, 0) is 33.4 Å². The fourth-order valence-electron chi connectivity index (χ4n) is 12.6. The Morgan fingerprint density at radius 2 is 1.53 bits per heavy atom. The van der Waals surface area contributed by atoms with E-state index in [1.165, 1.54) is 5.57 Å². The molecule has 2 aliphatic heterocycles. The lowest BCUT2D eigenvalue weighted by molar-refractivity contribution is -0.169. The molecule has 3 saturated carbocycles. The van der Waals surface area contributed by atoms with Crippen molar-refractivity contribution >= 4 is 41.0 Å². The van der Waals surface area contributed by atoms with E-state index in [0.717, 1.165) is 61.0 Å². The van der Waals surface area contributed by atoms with Crippen molar-refractivity contribution in [3.05, 3.63) is 75.6 Å². The van der Waals surface area contributed by atoms with Gasteiger partial charge >= 0.3 is 0 Å². The molecule has 2 heterocycles. The summed E-state index contributed by atoms with van der Waals surface area (Å²) >= 11 is 0. The number of amides is 5. The molecule has 0 radical (unpaired) electrons. The smallest absolute Gasteiger partial charge is 0.264 e. The third-order valence-corrected chi connectivity index (χ3v) is 16.7. The Bertz CT molecular complexity index is 2300. The van der Waals surface area contributed by atoms with Crippen molar-refractivity contribution in [1.29, 1.82) is 0 Å². The van der Waals surface area contributed by atoms with Crippen LogP contribution in [0.4, 0.5) is 5.69 Å². The Morgan fingerprint density at radius 1 is 0.844 bits per heavy atom. The Labute approximate surface area is 375 Å². The van der Waals surface area contributed by atoms with Gasteiger partial charge in [0, 0.05) is 41.6 Å². The average molecular weight is 881 g/mol. The maximum Gasteiger partial charge on any atom is 0.264 e. The molecule has 0 bridgehead atoms. The minimum Gasteiger partial charge on any atom is -0.504 e. The molecular formula is C50H64N4O10. The van der Waals surface area contributed by atoms with Crippen LogP contribution in [0.3, 0.4) is 0 Å². The molecule has 7 atom stereocenters. The van der Waals surface area contributed by atoms with E-state index in [4.69, 9.17) is 14.2 Å². The van der Waals surface area contributed by atoms with Gasteiger partial charge in [-0.15, -0.1) is 0 Å². The van der Waals surface area contributed by atoms with Gasteiger partial charge in [0.25, 0.3) is 11.8 Å². The molecule has 14 nitrogen and oxygen atoms in total. The quantitative estimate of drug-likeness (QED) is 0.114. The molecule has 5 aliphatic carbocycles. The zero-order chi connectivity index (χ0) is 45.8. The summed E-state index contributed by atoms with van der Waals surface area (Å²) in [4.78, 5) is 78.1. The van der Waals surface area contributed by atoms with Crippen molar-refractivity contribution < 1.29 is 48.1 Å². The molecule has 344 valence electrons. The van der Waals surface area contributed by atoms with E-state index in [2.05, 4.69) is 62.7 Å². The number of allylic oxidation sites excluding steroid dienone is 7. The van der Waals surface area contributed by atoms with Gasteiger partial charge in [-0.25, -0.2) is 0 Å². The van der Waals surface area contributed by atoms with E-state index in [9.17, 15) is 33.9 Å². The van der Waals surface area contributed by atoms with Crippen LogP contribution in [0.25, 0.3) is 0 Å². The molecule has 64 heavy (non-hydrogen) atoms. The van der Waals surface area contributed by atoms with E-state index in [1.807, 2.05) is 6.92 Å². The van der Waals surface area contributed by atoms with Gasteiger partial charge in [0.05, 0.1) is 50.8 Å². The van der Waals surface area contributed by atoms with Crippen LogP contribution < -0.4 is 16.0 Å². The molecule has 14 heteroatoms. The number of ether oxygens (including phenoxy) is 3. The summed E-state index contributed by atoms with van der Waals surface area (Å²) < 4.78 is 17.2. The molecule has 5 amide bonds. The lowest BCUT2D eigenvalue weighted by atomic mass is 9.34. The minimum absolute atomic E-state index is 0.0339. The monoisotopic (exact) mass is 880 g/mol. The predicted molar refractivity (Wildman–Crippen MR) is 238 cm³/mol. The average Bonchev–Trinajstić information content (AvgIpc) is 3.52. The highest BCUT2D eigenvalue weighted by Gasteiger charge is 2.67. The van der Waals surface area contributed by atoms with Crippen molar-refractivity contribution in [2.24, 2.45) is 33.0 Å². The Kier molecular flexibility index (Phi) is 12.2. The highest BCUT2D eigenvalue weighted by atomic mass is 16.5. The number of carbonyl (C=O) groups excluding carboxylic acids is 6. The summed E-state index contributed by atoms with van der Waals surface area (Å²) in [6, 6.07) is 3.90. The molecule has 4 N–H and O–H groups in total. The zero-order valence-electron chi connectivity index (χ0n) is 38.2. The lowest BCUT2D eigenvalue weighted by Crippen LogP contribution is -2.62. The first kappa shape index (κ1) is 45.6. The normalized spacial score (nSPS) is 33.2. The molecule has 7 aliphatic rings. The number of hydrogen-bond donors (Lipinski definition) is 4.